The third-order valence-corrected chi connectivity index (χ3v) is 4.56. The van der Waals surface area contributed by atoms with Crippen molar-refractivity contribution in [2.45, 2.75) is 33.2 Å². The fraction of sp³-hybridized carbons (Fsp3) is 0.444. The molecule has 0 aliphatic rings. The molecule has 2 rings (SSSR count). The minimum Gasteiger partial charge on any atom is -0.494 e. The SMILES string of the molecule is CC(C)CCOc1ccc(C(C)Nc2cnn(C)c(=O)c2Br)cc1. The lowest BCUT2D eigenvalue weighted by Crippen LogP contribution is -2.22. The molecule has 1 aromatic heterocycles. The van der Waals surface area contributed by atoms with Crippen LogP contribution in [-0.4, -0.2) is 16.4 Å². The molecule has 0 fully saturated rings. The molecule has 0 aliphatic carbocycles. The van der Waals surface area contributed by atoms with Crippen LogP contribution in [0.25, 0.3) is 0 Å². The molecule has 0 aliphatic heterocycles. The standard InChI is InChI=1S/C18H24BrN3O2/c1-12(2)9-10-24-15-7-5-14(6-8-15)13(3)21-16-11-20-22(4)18(23)17(16)19/h5-8,11-13,21H,9-10H2,1-4H3. The van der Waals surface area contributed by atoms with Crippen molar-refractivity contribution in [1.29, 1.82) is 0 Å². The smallest absolute Gasteiger partial charge is 0.282 e. The summed E-state index contributed by atoms with van der Waals surface area (Å²) in [4.78, 5) is 11.9. The van der Waals surface area contributed by atoms with E-state index in [1.807, 2.05) is 31.2 Å². The van der Waals surface area contributed by atoms with E-state index in [1.54, 1.807) is 13.2 Å². The van der Waals surface area contributed by atoms with Crippen molar-refractivity contribution in [2.75, 3.05) is 11.9 Å². The fourth-order valence-electron chi connectivity index (χ4n) is 2.19. The second-order valence-corrected chi connectivity index (χ2v) is 7.06. The van der Waals surface area contributed by atoms with Gasteiger partial charge in [0.2, 0.25) is 0 Å². The Labute approximate surface area is 151 Å². The van der Waals surface area contributed by atoms with Crippen LogP contribution < -0.4 is 15.6 Å². The van der Waals surface area contributed by atoms with Crippen molar-refractivity contribution in [3.8, 4) is 5.75 Å². The third kappa shape index (κ3) is 4.84. The Bertz CT molecular complexity index is 726. The van der Waals surface area contributed by atoms with Crippen molar-refractivity contribution >= 4 is 21.6 Å². The van der Waals surface area contributed by atoms with E-state index in [9.17, 15) is 4.79 Å². The van der Waals surface area contributed by atoms with Gasteiger partial charge in [0.25, 0.3) is 5.56 Å². The maximum atomic E-state index is 11.9. The highest BCUT2D eigenvalue weighted by Gasteiger charge is 2.11. The van der Waals surface area contributed by atoms with Crippen LogP contribution >= 0.6 is 15.9 Å². The van der Waals surface area contributed by atoms with Crippen molar-refractivity contribution < 1.29 is 4.74 Å². The number of anilines is 1. The largest absolute Gasteiger partial charge is 0.494 e. The normalized spacial score (nSPS) is 12.2. The van der Waals surface area contributed by atoms with Gasteiger partial charge in [0.05, 0.1) is 18.5 Å². The van der Waals surface area contributed by atoms with Gasteiger partial charge >= 0.3 is 0 Å². The molecule has 1 N–H and O–H groups in total. The molecule has 6 heteroatoms. The van der Waals surface area contributed by atoms with Gasteiger partial charge in [-0.05, 0) is 52.9 Å². The summed E-state index contributed by atoms with van der Waals surface area (Å²) in [6.07, 6.45) is 2.69. The molecular weight excluding hydrogens is 370 g/mol. The summed E-state index contributed by atoms with van der Waals surface area (Å²) in [5, 5.41) is 7.35. The van der Waals surface area contributed by atoms with Gasteiger partial charge in [-0.1, -0.05) is 26.0 Å². The van der Waals surface area contributed by atoms with Crippen LogP contribution in [0, 0.1) is 5.92 Å². The fourth-order valence-corrected chi connectivity index (χ4v) is 2.67. The summed E-state index contributed by atoms with van der Waals surface area (Å²) in [6, 6.07) is 8.06. The first-order valence-electron chi connectivity index (χ1n) is 8.09. The number of rotatable bonds is 7. The molecule has 0 saturated carbocycles. The van der Waals surface area contributed by atoms with Gasteiger partial charge in [-0.25, -0.2) is 4.68 Å². The first kappa shape index (κ1) is 18.5. The first-order chi connectivity index (χ1) is 11.4. The van der Waals surface area contributed by atoms with E-state index in [0.717, 1.165) is 24.3 Å². The molecular formula is C18H24BrN3O2. The molecule has 1 unspecified atom stereocenters. The second-order valence-electron chi connectivity index (χ2n) is 6.27. The van der Waals surface area contributed by atoms with Crippen LogP contribution in [0.3, 0.4) is 0 Å². The molecule has 0 bridgehead atoms. The minimum absolute atomic E-state index is 0.0416. The van der Waals surface area contributed by atoms with Crippen molar-refractivity contribution in [3.63, 3.8) is 0 Å². The van der Waals surface area contributed by atoms with Gasteiger partial charge in [0.15, 0.2) is 0 Å². The zero-order valence-corrected chi connectivity index (χ0v) is 16.1. The van der Waals surface area contributed by atoms with Crippen LogP contribution in [0.5, 0.6) is 5.75 Å². The number of aryl methyl sites for hydroxylation is 1. The van der Waals surface area contributed by atoms with E-state index in [-0.39, 0.29) is 11.6 Å². The number of nitrogens with one attached hydrogen (secondary N) is 1. The number of halogens is 1. The highest BCUT2D eigenvalue weighted by Crippen LogP contribution is 2.24. The average Bonchev–Trinajstić information content (AvgIpc) is 2.55. The van der Waals surface area contributed by atoms with E-state index >= 15 is 0 Å². The summed E-state index contributed by atoms with van der Waals surface area (Å²) in [6.45, 7) is 7.14. The second kappa shape index (κ2) is 8.33. The Kier molecular flexibility index (Phi) is 6.43. The molecule has 0 amide bonds. The number of nitrogens with zero attached hydrogens (tertiary/aromatic N) is 2. The van der Waals surface area contributed by atoms with Crippen molar-refractivity contribution in [1.82, 2.24) is 9.78 Å². The monoisotopic (exact) mass is 393 g/mol. The van der Waals surface area contributed by atoms with Crippen LogP contribution in [0.15, 0.2) is 39.7 Å². The van der Waals surface area contributed by atoms with Gasteiger partial charge in [-0.2, -0.15) is 5.10 Å². The lowest BCUT2D eigenvalue weighted by molar-refractivity contribution is 0.289. The predicted molar refractivity (Wildman–Crippen MR) is 101 cm³/mol. The summed E-state index contributed by atoms with van der Waals surface area (Å²) in [5.74, 6) is 1.52. The molecule has 24 heavy (non-hydrogen) atoms. The molecule has 2 aromatic rings. The van der Waals surface area contributed by atoms with Gasteiger partial charge in [0, 0.05) is 13.1 Å². The predicted octanol–water partition coefficient (Wildman–Crippen LogP) is 4.14. The van der Waals surface area contributed by atoms with Crippen LogP contribution in [0.2, 0.25) is 0 Å². The van der Waals surface area contributed by atoms with Crippen LogP contribution in [0.1, 0.15) is 38.8 Å². The lowest BCUT2D eigenvalue weighted by atomic mass is 10.1. The molecule has 5 nitrogen and oxygen atoms in total. The number of hydrogen-bond donors (Lipinski definition) is 1. The maximum Gasteiger partial charge on any atom is 0.282 e. The lowest BCUT2D eigenvalue weighted by Gasteiger charge is -2.17. The minimum atomic E-state index is -0.166. The quantitative estimate of drug-likeness (QED) is 0.767. The van der Waals surface area contributed by atoms with Crippen LogP contribution in [-0.2, 0) is 7.05 Å². The Morgan fingerprint density at radius 1 is 1.25 bits per heavy atom. The molecule has 130 valence electrons. The highest BCUT2D eigenvalue weighted by molar-refractivity contribution is 9.10. The topological polar surface area (TPSA) is 56.1 Å². The maximum absolute atomic E-state index is 11.9. The summed E-state index contributed by atoms with van der Waals surface area (Å²) in [5.41, 5.74) is 1.63. The highest BCUT2D eigenvalue weighted by atomic mass is 79.9. The zero-order chi connectivity index (χ0) is 17.7. The summed E-state index contributed by atoms with van der Waals surface area (Å²) in [7, 11) is 1.62. The summed E-state index contributed by atoms with van der Waals surface area (Å²) >= 11 is 3.33. The van der Waals surface area contributed by atoms with Gasteiger partial charge in [-0.3, -0.25) is 4.79 Å². The van der Waals surface area contributed by atoms with E-state index in [1.165, 1.54) is 4.68 Å². The van der Waals surface area contributed by atoms with E-state index in [0.29, 0.717) is 16.1 Å². The van der Waals surface area contributed by atoms with Gasteiger partial charge < -0.3 is 10.1 Å². The zero-order valence-electron chi connectivity index (χ0n) is 14.5. The third-order valence-electron chi connectivity index (χ3n) is 3.79. The number of benzene rings is 1. The molecule has 1 heterocycles. The van der Waals surface area contributed by atoms with Crippen molar-refractivity contribution in [3.05, 3.63) is 50.9 Å². The number of hydrogen-bond acceptors (Lipinski definition) is 4. The van der Waals surface area contributed by atoms with Crippen molar-refractivity contribution in [2.24, 2.45) is 13.0 Å². The Hall–Kier alpha value is -1.82. The van der Waals surface area contributed by atoms with Gasteiger partial charge in [-0.15, -0.1) is 0 Å². The van der Waals surface area contributed by atoms with E-state index < -0.39 is 0 Å². The molecule has 0 saturated heterocycles. The Morgan fingerprint density at radius 2 is 1.92 bits per heavy atom. The number of ether oxygens (including phenoxy) is 1. The molecule has 0 spiro atoms. The van der Waals surface area contributed by atoms with E-state index in [2.05, 4.69) is 40.2 Å². The average molecular weight is 394 g/mol. The Balaban J connectivity index is 2.01. The molecule has 1 aromatic carbocycles. The summed E-state index contributed by atoms with van der Waals surface area (Å²) < 4.78 is 7.52. The molecule has 0 radical (unpaired) electrons. The molecule has 1 atom stereocenters. The first-order valence-corrected chi connectivity index (χ1v) is 8.89. The van der Waals surface area contributed by atoms with E-state index in [4.69, 9.17) is 4.74 Å². The van der Waals surface area contributed by atoms with Gasteiger partial charge in [0.1, 0.15) is 10.2 Å². The van der Waals surface area contributed by atoms with Crippen LogP contribution in [0.4, 0.5) is 5.69 Å². The number of aromatic nitrogens is 2. The Morgan fingerprint density at radius 3 is 2.54 bits per heavy atom.